The molecule has 2 rings (SSSR count). The van der Waals surface area contributed by atoms with Crippen molar-refractivity contribution in [2.24, 2.45) is 0 Å². The van der Waals surface area contributed by atoms with Gasteiger partial charge in [0, 0.05) is 6.42 Å². The summed E-state index contributed by atoms with van der Waals surface area (Å²) in [5, 5.41) is 23.7. The molecule has 0 spiro atoms. The first-order valence-electron chi connectivity index (χ1n) is 7.75. The van der Waals surface area contributed by atoms with E-state index >= 15 is 0 Å². The smallest absolute Gasteiger partial charge is 0.407 e. The maximum Gasteiger partial charge on any atom is 0.407 e. The maximum absolute atomic E-state index is 11.7. The molecule has 1 saturated heterocycles. The second-order valence-electron chi connectivity index (χ2n) is 5.57. The Labute approximate surface area is 139 Å². The van der Waals surface area contributed by atoms with E-state index in [1.807, 2.05) is 30.3 Å². The molecular formula is C16H22N2O6. The van der Waals surface area contributed by atoms with Gasteiger partial charge in [0.25, 0.3) is 0 Å². The molecule has 2 amide bonds. The summed E-state index contributed by atoms with van der Waals surface area (Å²) in [6, 6.07) is 8.02. The molecule has 0 saturated carbocycles. The van der Waals surface area contributed by atoms with Crippen molar-refractivity contribution in [3.63, 3.8) is 0 Å². The molecule has 24 heavy (non-hydrogen) atoms. The lowest BCUT2D eigenvalue weighted by atomic mass is 10.2. The molecule has 8 heteroatoms. The van der Waals surface area contributed by atoms with Crippen LogP contribution in [0.2, 0.25) is 0 Å². The van der Waals surface area contributed by atoms with Crippen molar-refractivity contribution in [2.45, 2.75) is 37.8 Å². The molecule has 0 aliphatic carbocycles. The van der Waals surface area contributed by atoms with Gasteiger partial charge in [-0.2, -0.15) is 0 Å². The van der Waals surface area contributed by atoms with Gasteiger partial charge in [0.05, 0.1) is 19.3 Å². The Kier molecular flexibility index (Phi) is 6.98. The lowest BCUT2D eigenvalue weighted by Crippen LogP contribution is -2.47. The molecular weight excluding hydrogens is 316 g/mol. The molecule has 1 unspecified atom stereocenters. The summed E-state index contributed by atoms with van der Waals surface area (Å²) in [6.07, 6.45) is -1.41. The number of hydrogen-bond acceptors (Lipinski definition) is 6. The Bertz CT molecular complexity index is 537. The number of aliphatic hydroxyl groups is 2. The van der Waals surface area contributed by atoms with Gasteiger partial charge in [-0.1, -0.05) is 30.3 Å². The summed E-state index contributed by atoms with van der Waals surface area (Å²) in [7, 11) is 0. The number of carbonyl (C=O) groups is 2. The zero-order chi connectivity index (χ0) is 17.4. The third-order valence-corrected chi connectivity index (χ3v) is 3.58. The van der Waals surface area contributed by atoms with Crippen molar-refractivity contribution in [1.82, 2.24) is 10.6 Å². The van der Waals surface area contributed by atoms with Gasteiger partial charge in [0.2, 0.25) is 5.91 Å². The summed E-state index contributed by atoms with van der Waals surface area (Å²) in [5.41, 5.74) is 0.821. The molecule has 1 aliphatic rings. The standard InChI is InChI=1S/C16H22N2O6/c19-14-7-6-12(17-14)9-23-10-13(15(20)21)18-16(22)24-8-11-4-2-1-3-5-11/h1-5,12-13,15,20-21H,6-10H2,(H,17,19)(H,18,22)/t12-,13?/m0/s1. The molecule has 1 fully saturated rings. The highest BCUT2D eigenvalue weighted by Crippen LogP contribution is 2.07. The SMILES string of the molecule is O=C1CC[C@@H](COCC(NC(=O)OCc2ccccc2)C(O)O)N1. The van der Waals surface area contributed by atoms with Crippen LogP contribution >= 0.6 is 0 Å². The zero-order valence-corrected chi connectivity index (χ0v) is 13.2. The van der Waals surface area contributed by atoms with E-state index in [1.54, 1.807) is 0 Å². The average Bonchev–Trinajstić information content (AvgIpc) is 2.98. The van der Waals surface area contributed by atoms with Crippen molar-refractivity contribution in [3.05, 3.63) is 35.9 Å². The van der Waals surface area contributed by atoms with Gasteiger partial charge < -0.3 is 30.3 Å². The van der Waals surface area contributed by atoms with Crippen LogP contribution in [0.25, 0.3) is 0 Å². The number of alkyl carbamates (subject to hydrolysis) is 1. The summed E-state index contributed by atoms with van der Waals surface area (Å²) >= 11 is 0. The average molecular weight is 338 g/mol. The monoisotopic (exact) mass is 338 g/mol. The minimum absolute atomic E-state index is 0.0232. The third-order valence-electron chi connectivity index (χ3n) is 3.58. The predicted molar refractivity (Wildman–Crippen MR) is 83.8 cm³/mol. The molecule has 0 bridgehead atoms. The van der Waals surface area contributed by atoms with Crippen molar-refractivity contribution in [1.29, 1.82) is 0 Å². The molecule has 1 heterocycles. The van der Waals surface area contributed by atoms with Crippen LogP contribution in [0.5, 0.6) is 0 Å². The second kappa shape index (κ2) is 9.21. The maximum atomic E-state index is 11.7. The highest BCUT2D eigenvalue weighted by Gasteiger charge is 2.23. The van der Waals surface area contributed by atoms with Crippen LogP contribution in [0, 0.1) is 0 Å². The van der Waals surface area contributed by atoms with Crippen LogP contribution in [0.3, 0.4) is 0 Å². The summed E-state index contributed by atoms with van der Waals surface area (Å²) in [6.45, 7) is 0.218. The Hall–Kier alpha value is -2.16. The van der Waals surface area contributed by atoms with Crippen molar-refractivity contribution < 1.29 is 29.3 Å². The molecule has 1 aromatic rings. The fourth-order valence-corrected chi connectivity index (χ4v) is 2.26. The minimum Gasteiger partial charge on any atom is -0.445 e. The molecule has 0 aromatic heterocycles. The second-order valence-corrected chi connectivity index (χ2v) is 5.57. The highest BCUT2D eigenvalue weighted by molar-refractivity contribution is 5.78. The largest absolute Gasteiger partial charge is 0.445 e. The Morgan fingerprint density at radius 3 is 2.71 bits per heavy atom. The molecule has 1 aromatic carbocycles. The zero-order valence-electron chi connectivity index (χ0n) is 13.2. The van der Waals surface area contributed by atoms with Gasteiger partial charge in [-0.05, 0) is 12.0 Å². The van der Waals surface area contributed by atoms with Crippen LogP contribution in [0.1, 0.15) is 18.4 Å². The van der Waals surface area contributed by atoms with Gasteiger partial charge in [0.1, 0.15) is 12.6 Å². The molecule has 1 aliphatic heterocycles. The van der Waals surface area contributed by atoms with Crippen molar-refractivity contribution >= 4 is 12.0 Å². The van der Waals surface area contributed by atoms with Crippen LogP contribution in [-0.2, 0) is 20.9 Å². The topological polar surface area (TPSA) is 117 Å². The normalized spacial score (nSPS) is 18.3. The van der Waals surface area contributed by atoms with Crippen molar-refractivity contribution in [3.8, 4) is 0 Å². The molecule has 0 radical (unpaired) electrons. The van der Waals surface area contributed by atoms with Gasteiger partial charge in [0.15, 0.2) is 6.29 Å². The first-order chi connectivity index (χ1) is 11.5. The summed E-state index contributed by atoms with van der Waals surface area (Å²) in [4.78, 5) is 22.8. The summed E-state index contributed by atoms with van der Waals surface area (Å²) < 4.78 is 10.4. The summed E-state index contributed by atoms with van der Waals surface area (Å²) in [5.74, 6) is -0.0232. The van der Waals surface area contributed by atoms with Crippen LogP contribution in [0.4, 0.5) is 4.79 Å². The van der Waals surface area contributed by atoms with E-state index in [9.17, 15) is 19.8 Å². The van der Waals surface area contributed by atoms with Gasteiger partial charge >= 0.3 is 6.09 Å². The number of hydrogen-bond donors (Lipinski definition) is 4. The van der Waals surface area contributed by atoms with Crippen LogP contribution < -0.4 is 10.6 Å². The number of amides is 2. The Morgan fingerprint density at radius 2 is 2.08 bits per heavy atom. The number of carbonyl (C=O) groups excluding carboxylic acids is 2. The van der Waals surface area contributed by atoms with E-state index in [0.29, 0.717) is 12.8 Å². The number of nitrogens with one attached hydrogen (secondary N) is 2. The first kappa shape index (κ1) is 18.2. The number of ether oxygens (including phenoxy) is 2. The van der Waals surface area contributed by atoms with E-state index < -0.39 is 18.4 Å². The number of aliphatic hydroxyl groups excluding tert-OH is 1. The Morgan fingerprint density at radius 1 is 1.33 bits per heavy atom. The van der Waals surface area contributed by atoms with Crippen LogP contribution in [-0.4, -0.2) is 53.8 Å². The number of benzene rings is 1. The van der Waals surface area contributed by atoms with Gasteiger partial charge in [-0.15, -0.1) is 0 Å². The first-order valence-corrected chi connectivity index (χ1v) is 7.75. The Balaban J connectivity index is 1.69. The quantitative estimate of drug-likeness (QED) is 0.491. The van der Waals surface area contributed by atoms with E-state index in [4.69, 9.17) is 9.47 Å². The minimum atomic E-state index is -1.78. The fraction of sp³-hybridized carbons (Fsp3) is 0.500. The molecule has 8 nitrogen and oxygen atoms in total. The van der Waals surface area contributed by atoms with Gasteiger partial charge in [-0.3, -0.25) is 4.79 Å². The predicted octanol–water partition coefficient (Wildman–Crippen LogP) is -0.113. The van der Waals surface area contributed by atoms with E-state index in [0.717, 1.165) is 5.56 Å². The lowest BCUT2D eigenvalue weighted by Gasteiger charge is -2.21. The molecule has 2 atom stereocenters. The third kappa shape index (κ3) is 6.15. The molecule has 132 valence electrons. The molecule has 4 N–H and O–H groups in total. The highest BCUT2D eigenvalue weighted by atomic mass is 16.6. The van der Waals surface area contributed by atoms with E-state index in [1.165, 1.54) is 0 Å². The lowest BCUT2D eigenvalue weighted by molar-refractivity contribution is -0.119. The van der Waals surface area contributed by atoms with E-state index in [-0.39, 0.29) is 31.8 Å². The van der Waals surface area contributed by atoms with Crippen molar-refractivity contribution in [2.75, 3.05) is 13.2 Å². The van der Waals surface area contributed by atoms with Gasteiger partial charge in [-0.25, -0.2) is 4.79 Å². The van der Waals surface area contributed by atoms with E-state index in [2.05, 4.69) is 10.6 Å². The number of rotatable bonds is 8. The van der Waals surface area contributed by atoms with Crippen LogP contribution in [0.15, 0.2) is 30.3 Å². The fourth-order valence-electron chi connectivity index (χ4n) is 2.26.